The predicted octanol–water partition coefficient (Wildman–Crippen LogP) is 3.06. The summed E-state index contributed by atoms with van der Waals surface area (Å²) in [7, 11) is 0. The van der Waals surface area contributed by atoms with Gasteiger partial charge < -0.3 is 0 Å². The first-order valence-corrected chi connectivity index (χ1v) is 5.58. The molecule has 2 atom stereocenters. The van der Waals surface area contributed by atoms with Crippen LogP contribution in [-0.4, -0.2) is 22.9 Å². The molecule has 1 aromatic carbocycles. The fraction of sp³-hybridized carbons (Fsp3) is 0.500. The third kappa shape index (κ3) is 1.67. The molecule has 0 bridgehead atoms. The maximum atomic E-state index is 6.25. The summed E-state index contributed by atoms with van der Waals surface area (Å²) < 4.78 is 0. The van der Waals surface area contributed by atoms with Crippen LogP contribution in [0.15, 0.2) is 30.3 Å². The molecule has 1 aliphatic rings. The summed E-state index contributed by atoms with van der Waals surface area (Å²) in [5.41, 5.74) is 1.34. The van der Waals surface area contributed by atoms with E-state index in [4.69, 9.17) is 11.6 Å². The summed E-state index contributed by atoms with van der Waals surface area (Å²) in [6, 6.07) is 11.5. The SMILES string of the molecule is CC(C)N1C[C@@H](Cl)[C@@H]1c1ccccc1. The highest BCUT2D eigenvalue weighted by Gasteiger charge is 2.39. The second kappa shape index (κ2) is 3.92. The Kier molecular flexibility index (Phi) is 2.80. The summed E-state index contributed by atoms with van der Waals surface area (Å²) in [6.07, 6.45) is 0. The molecule has 1 aromatic rings. The van der Waals surface area contributed by atoms with Gasteiger partial charge in [-0.3, -0.25) is 4.90 Å². The lowest BCUT2D eigenvalue weighted by molar-refractivity contribution is 0.0617. The molecule has 1 saturated heterocycles. The number of rotatable bonds is 2. The maximum Gasteiger partial charge on any atom is 0.0660 e. The summed E-state index contributed by atoms with van der Waals surface area (Å²) in [4.78, 5) is 2.44. The van der Waals surface area contributed by atoms with Crippen molar-refractivity contribution >= 4 is 11.6 Å². The van der Waals surface area contributed by atoms with E-state index in [9.17, 15) is 0 Å². The molecule has 2 heteroatoms. The molecule has 0 radical (unpaired) electrons. The first-order chi connectivity index (χ1) is 6.70. The first kappa shape index (κ1) is 10.0. The van der Waals surface area contributed by atoms with E-state index in [0.717, 1.165) is 6.54 Å². The lowest BCUT2D eigenvalue weighted by Gasteiger charge is -2.48. The van der Waals surface area contributed by atoms with Crippen LogP contribution in [0.3, 0.4) is 0 Å². The van der Waals surface area contributed by atoms with Crippen LogP contribution in [0.2, 0.25) is 0 Å². The van der Waals surface area contributed by atoms with E-state index < -0.39 is 0 Å². The van der Waals surface area contributed by atoms with E-state index in [2.05, 4.69) is 43.0 Å². The Morgan fingerprint density at radius 1 is 1.29 bits per heavy atom. The fourth-order valence-electron chi connectivity index (χ4n) is 2.07. The van der Waals surface area contributed by atoms with Gasteiger partial charge in [-0.1, -0.05) is 30.3 Å². The molecule has 1 heterocycles. The highest BCUT2D eigenvalue weighted by atomic mass is 35.5. The average Bonchev–Trinajstić information content (AvgIpc) is 2.15. The van der Waals surface area contributed by atoms with Crippen LogP contribution in [0, 0.1) is 0 Å². The van der Waals surface area contributed by atoms with E-state index in [-0.39, 0.29) is 5.38 Å². The molecule has 1 aliphatic heterocycles. The summed E-state index contributed by atoms with van der Waals surface area (Å²) in [5.74, 6) is 0. The molecule has 0 aromatic heterocycles. The molecule has 14 heavy (non-hydrogen) atoms. The van der Waals surface area contributed by atoms with Gasteiger partial charge in [-0.25, -0.2) is 0 Å². The van der Waals surface area contributed by atoms with Gasteiger partial charge in [0.1, 0.15) is 0 Å². The van der Waals surface area contributed by atoms with Crippen LogP contribution in [0.1, 0.15) is 25.5 Å². The quantitative estimate of drug-likeness (QED) is 0.677. The third-order valence-electron chi connectivity index (χ3n) is 2.89. The Balaban J connectivity index is 2.17. The van der Waals surface area contributed by atoms with Gasteiger partial charge in [0.15, 0.2) is 0 Å². The zero-order valence-corrected chi connectivity index (χ0v) is 9.41. The summed E-state index contributed by atoms with van der Waals surface area (Å²) in [5, 5.41) is 0.278. The highest BCUT2D eigenvalue weighted by Crippen LogP contribution is 2.38. The van der Waals surface area contributed by atoms with Crippen molar-refractivity contribution in [3.05, 3.63) is 35.9 Å². The van der Waals surface area contributed by atoms with Gasteiger partial charge in [0.2, 0.25) is 0 Å². The molecule has 1 fully saturated rings. The number of nitrogens with zero attached hydrogens (tertiary/aromatic N) is 1. The lowest BCUT2D eigenvalue weighted by Crippen LogP contribution is -2.53. The number of hydrogen-bond acceptors (Lipinski definition) is 1. The maximum absolute atomic E-state index is 6.25. The molecule has 0 amide bonds. The third-order valence-corrected chi connectivity index (χ3v) is 3.27. The van der Waals surface area contributed by atoms with Crippen LogP contribution < -0.4 is 0 Å². The molecule has 2 rings (SSSR count). The van der Waals surface area contributed by atoms with E-state index >= 15 is 0 Å². The zero-order valence-electron chi connectivity index (χ0n) is 8.65. The Morgan fingerprint density at radius 2 is 1.93 bits per heavy atom. The molecule has 0 aliphatic carbocycles. The Hall–Kier alpha value is -0.530. The second-order valence-electron chi connectivity index (χ2n) is 4.16. The van der Waals surface area contributed by atoms with Crippen molar-refractivity contribution in [2.45, 2.75) is 31.3 Å². The van der Waals surface area contributed by atoms with Crippen LogP contribution in [0.5, 0.6) is 0 Å². The number of likely N-dealkylation sites (tertiary alicyclic amines) is 1. The second-order valence-corrected chi connectivity index (χ2v) is 4.72. The summed E-state index contributed by atoms with van der Waals surface area (Å²) in [6.45, 7) is 5.45. The average molecular weight is 210 g/mol. The molecule has 1 nitrogen and oxygen atoms in total. The van der Waals surface area contributed by atoms with Gasteiger partial charge in [-0.15, -0.1) is 11.6 Å². The number of alkyl halides is 1. The van der Waals surface area contributed by atoms with Gasteiger partial charge in [0, 0.05) is 12.6 Å². The monoisotopic (exact) mass is 209 g/mol. The van der Waals surface area contributed by atoms with E-state index in [0.29, 0.717) is 12.1 Å². The highest BCUT2D eigenvalue weighted by molar-refractivity contribution is 6.21. The minimum atomic E-state index is 0.278. The molecule has 0 spiro atoms. The topological polar surface area (TPSA) is 3.24 Å². The van der Waals surface area contributed by atoms with Crippen molar-refractivity contribution in [3.63, 3.8) is 0 Å². The van der Waals surface area contributed by atoms with Crippen molar-refractivity contribution in [3.8, 4) is 0 Å². The largest absolute Gasteiger partial charge is 0.291 e. The van der Waals surface area contributed by atoms with Crippen molar-refractivity contribution in [2.75, 3.05) is 6.54 Å². The van der Waals surface area contributed by atoms with Crippen LogP contribution in [0.25, 0.3) is 0 Å². The zero-order chi connectivity index (χ0) is 10.1. The van der Waals surface area contributed by atoms with Crippen LogP contribution in [0.4, 0.5) is 0 Å². The van der Waals surface area contributed by atoms with Crippen molar-refractivity contribution < 1.29 is 0 Å². The Morgan fingerprint density at radius 3 is 2.43 bits per heavy atom. The van der Waals surface area contributed by atoms with Gasteiger partial charge in [0.05, 0.1) is 11.4 Å². The van der Waals surface area contributed by atoms with E-state index in [1.165, 1.54) is 5.56 Å². The number of halogens is 1. The van der Waals surface area contributed by atoms with Crippen molar-refractivity contribution in [1.82, 2.24) is 4.90 Å². The van der Waals surface area contributed by atoms with Gasteiger partial charge >= 0.3 is 0 Å². The molecule has 0 unspecified atom stereocenters. The minimum Gasteiger partial charge on any atom is -0.291 e. The Labute approximate surface area is 90.7 Å². The Bertz CT molecular complexity index is 296. The minimum absolute atomic E-state index is 0.278. The molecular formula is C12H16ClN. The predicted molar refractivity (Wildman–Crippen MR) is 60.7 cm³/mol. The molecule has 0 saturated carbocycles. The summed E-state index contributed by atoms with van der Waals surface area (Å²) >= 11 is 6.25. The van der Waals surface area contributed by atoms with Crippen LogP contribution in [-0.2, 0) is 0 Å². The smallest absolute Gasteiger partial charge is 0.0660 e. The van der Waals surface area contributed by atoms with Gasteiger partial charge in [0.25, 0.3) is 0 Å². The van der Waals surface area contributed by atoms with Gasteiger partial charge in [-0.2, -0.15) is 0 Å². The molecular weight excluding hydrogens is 194 g/mol. The molecule has 0 N–H and O–H groups in total. The molecule has 76 valence electrons. The van der Waals surface area contributed by atoms with E-state index in [1.807, 2.05) is 6.07 Å². The van der Waals surface area contributed by atoms with Crippen LogP contribution >= 0.6 is 11.6 Å². The lowest BCUT2D eigenvalue weighted by atomic mass is 9.92. The fourth-order valence-corrected chi connectivity index (χ4v) is 2.52. The van der Waals surface area contributed by atoms with Crippen molar-refractivity contribution in [1.29, 1.82) is 0 Å². The number of benzene rings is 1. The normalized spacial score (nSPS) is 27.7. The van der Waals surface area contributed by atoms with Crippen molar-refractivity contribution in [2.24, 2.45) is 0 Å². The number of hydrogen-bond donors (Lipinski definition) is 0. The van der Waals surface area contributed by atoms with Gasteiger partial charge in [-0.05, 0) is 19.4 Å². The van der Waals surface area contributed by atoms with E-state index in [1.54, 1.807) is 0 Å². The standard InChI is InChI=1S/C12H16ClN/c1-9(2)14-8-11(13)12(14)10-6-4-3-5-7-10/h3-7,9,11-12H,8H2,1-2H3/t11-,12+/m1/s1. The first-order valence-electron chi connectivity index (χ1n) is 5.15.